The Morgan fingerprint density at radius 1 is 1.22 bits per heavy atom. The van der Waals surface area contributed by atoms with Crippen molar-refractivity contribution in [2.75, 3.05) is 25.4 Å². The van der Waals surface area contributed by atoms with Crippen LogP contribution >= 0.6 is 0 Å². The zero-order valence-electron chi connectivity index (χ0n) is 16.7. The van der Waals surface area contributed by atoms with Gasteiger partial charge in [-0.1, -0.05) is 13.3 Å². The zero-order valence-corrected chi connectivity index (χ0v) is 16.7. The maximum atomic E-state index is 11.7. The first-order chi connectivity index (χ1) is 13.1. The monoisotopic (exact) mass is 376 g/mol. The van der Waals surface area contributed by atoms with Gasteiger partial charge in [0.1, 0.15) is 17.9 Å². The van der Waals surface area contributed by atoms with E-state index in [-0.39, 0.29) is 6.03 Å². The van der Waals surface area contributed by atoms with Crippen molar-refractivity contribution in [3.8, 4) is 0 Å². The summed E-state index contributed by atoms with van der Waals surface area (Å²) in [5.74, 6) is 1.30. The molecule has 2 aromatic heterocycles. The molecule has 2 rings (SSSR count). The standard InChI is InChI=1S/C19H32N6O2/c1-4-6-9-21-19(26)22-10-7-8-11-25-15(13-27-5-2)24-16-17(25)14(3)12-23-18(16)20/h12H,4-11,13H2,1-3H3,(H2,20,23)(H2,21,22,26). The average molecular weight is 377 g/mol. The van der Waals surface area contributed by atoms with Gasteiger partial charge in [0.05, 0.1) is 5.52 Å². The molecule has 0 aromatic carbocycles. The number of urea groups is 1. The predicted molar refractivity (Wildman–Crippen MR) is 108 cm³/mol. The molecule has 27 heavy (non-hydrogen) atoms. The molecule has 4 N–H and O–H groups in total. The summed E-state index contributed by atoms with van der Waals surface area (Å²) in [6.07, 6.45) is 5.66. The Labute approximate surface area is 160 Å². The van der Waals surface area contributed by atoms with Crippen LogP contribution in [-0.2, 0) is 17.9 Å². The van der Waals surface area contributed by atoms with E-state index in [2.05, 4.69) is 32.1 Å². The number of hydrogen-bond donors (Lipinski definition) is 3. The lowest BCUT2D eigenvalue weighted by molar-refractivity contribution is 0.126. The minimum atomic E-state index is -0.0942. The fourth-order valence-corrected chi connectivity index (χ4v) is 2.95. The van der Waals surface area contributed by atoms with Crippen LogP contribution in [0, 0.1) is 6.92 Å². The molecule has 2 heterocycles. The van der Waals surface area contributed by atoms with Gasteiger partial charge in [0.15, 0.2) is 5.82 Å². The average Bonchev–Trinajstić information content (AvgIpc) is 3.03. The number of nitrogens with two attached hydrogens (primary N) is 1. The summed E-state index contributed by atoms with van der Waals surface area (Å²) in [7, 11) is 0. The molecule has 0 bridgehead atoms. The van der Waals surface area contributed by atoms with E-state index in [0.717, 1.165) is 61.2 Å². The number of ether oxygens (including phenoxy) is 1. The first-order valence-electron chi connectivity index (χ1n) is 9.78. The molecule has 8 heteroatoms. The molecule has 0 atom stereocenters. The highest BCUT2D eigenvalue weighted by atomic mass is 16.5. The number of nitrogen functional groups attached to an aromatic ring is 1. The Bertz CT molecular complexity index is 743. The SMILES string of the molecule is CCCCNC(=O)NCCCCn1c(COCC)nc2c(N)ncc(C)c21. The largest absolute Gasteiger partial charge is 0.382 e. The lowest BCUT2D eigenvalue weighted by Gasteiger charge is -2.11. The highest BCUT2D eigenvalue weighted by Crippen LogP contribution is 2.24. The molecule has 0 aliphatic rings. The number of fused-ring (bicyclic) bond motifs is 1. The number of aromatic nitrogens is 3. The van der Waals surface area contributed by atoms with Gasteiger partial charge in [-0.2, -0.15) is 0 Å². The first-order valence-corrected chi connectivity index (χ1v) is 9.78. The van der Waals surface area contributed by atoms with Gasteiger partial charge >= 0.3 is 6.03 Å². The second kappa shape index (κ2) is 10.7. The summed E-state index contributed by atoms with van der Waals surface area (Å²) < 4.78 is 7.73. The molecular weight excluding hydrogens is 344 g/mol. The number of nitrogens with one attached hydrogen (secondary N) is 2. The van der Waals surface area contributed by atoms with E-state index in [1.165, 1.54) is 0 Å². The van der Waals surface area contributed by atoms with Gasteiger partial charge in [-0.15, -0.1) is 0 Å². The molecule has 0 aliphatic carbocycles. The molecule has 2 amide bonds. The third-order valence-electron chi connectivity index (χ3n) is 4.41. The maximum absolute atomic E-state index is 11.7. The number of carbonyl (C=O) groups is 1. The van der Waals surface area contributed by atoms with Crippen LogP contribution in [-0.4, -0.2) is 40.3 Å². The minimum absolute atomic E-state index is 0.0942. The maximum Gasteiger partial charge on any atom is 0.314 e. The summed E-state index contributed by atoms with van der Waals surface area (Å²) in [4.78, 5) is 20.5. The van der Waals surface area contributed by atoms with Crippen molar-refractivity contribution in [2.24, 2.45) is 0 Å². The van der Waals surface area contributed by atoms with Crippen LogP contribution in [0.25, 0.3) is 11.0 Å². The lowest BCUT2D eigenvalue weighted by atomic mass is 10.2. The number of unbranched alkanes of at least 4 members (excludes halogenated alkanes) is 2. The molecule has 0 unspecified atom stereocenters. The first kappa shape index (κ1) is 21.0. The van der Waals surface area contributed by atoms with E-state index < -0.39 is 0 Å². The van der Waals surface area contributed by atoms with Crippen molar-refractivity contribution < 1.29 is 9.53 Å². The van der Waals surface area contributed by atoms with Gasteiger partial charge in [0.25, 0.3) is 0 Å². The number of rotatable bonds is 11. The third-order valence-corrected chi connectivity index (χ3v) is 4.41. The van der Waals surface area contributed by atoms with Crippen LogP contribution in [0.2, 0.25) is 0 Å². The molecule has 0 aliphatic heterocycles. The van der Waals surface area contributed by atoms with Gasteiger partial charge in [-0.05, 0) is 38.7 Å². The van der Waals surface area contributed by atoms with E-state index in [1.807, 2.05) is 13.8 Å². The number of nitrogens with zero attached hydrogens (tertiary/aromatic N) is 3. The van der Waals surface area contributed by atoms with E-state index in [4.69, 9.17) is 10.5 Å². The third kappa shape index (κ3) is 5.82. The molecule has 150 valence electrons. The second-order valence-electron chi connectivity index (χ2n) is 6.58. The van der Waals surface area contributed by atoms with Crippen LogP contribution in [0.1, 0.15) is 50.9 Å². The molecule has 0 fully saturated rings. The van der Waals surface area contributed by atoms with Crippen molar-refractivity contribution in [3.05, 3.63) is 17.6 Å². The predicted octanol–water partition coefficient (Wildman–Crippen LogP) is 2.74. The van der Waals surface area contributed by atoms with E-state index in [9.17, 15) is 4.79 Å². The summed E-state index contributed by atoms with van der Waals surface area (Å²) in [6.45, 7) is 9.32. The van der Waals surface area contributed by atoms with Crippen LogP contribution in [0.15, 0.2) is 6.20 Å². The Morgan fingerprint density at radius 2 is 1.96 bits per heavy atom. The Hall–Kier alpha value is -2.35. The molecule has 0 radical (unpaired) electrons. The van der Waals surface area contributed by atoms with Gasteiger partial charge in [-0.3, -0.25) is 0 Å². The van der Waals surface area contributed by atoms with E-state index >= 15 is 0 Å². The highest BCUT2D eigenvalue weighted by Gasteiger charge is 2.15. The van der Waals surface area contributed by atoms with Crippen LogP contribution < -0.4 is 16.4 Å². The van der Waals surface area contributed by atoms with Crippen molar-refractivity contribution in [2.45, 2.75) is 59.6 Å². The fourth-order valence-electron chi connectivity index (χ4n) is 2.95. The number of amides is 2. The highest BCUT2D eigenvalue weighted by molar-refractivity contribution is 5.87. The number of pyridine rings is 1. The van der Waals surface area contributed by atoms with Crippen molar-refractivity contribution in [3.63, 3.8) is 0 Å². The number of hydrogen-bond acceptors (Lipinski definition) is 5. The summed E-state index contributed by atoms with van der Waals surface area (Å²) >= 11 is 0. The molecule has 0 saturated heterocycles. The van der Waals surface area contributed by atoms with E-state index in [0.29, 0.717) is 25.6 Å². The number of imidazole rings is 1. The molecule has 0 saturated carbocycles. The van der Waals surface area contributed by atoms with Gasteiger partial charge < -0.3 is 25.7 Å². The van der Waals surface area contributed by atoms with Crippen LogP contribution in [0.4, 0.5) is 10.6 Å². The zero-order chi connectivity index (χ0) is 19.6. The topological polar surface area (TPSA) is 107 Å². The van der Waals surface area contributed by atoms with Gasteiger partial charge in [-0.25, -0.2) is 14.8 Å². The molecule has 0 spiro atoms. The smallest absolute Gasteiger partial charge is 0.314 e. The number of carbonyl (C=O) groups excluding carboxylic acids is 1. The van der Waals surface area contributed by atoms with Crippen LogP contribution in [0.3, 0.4) is 0 Å². The quantitative estimate of drug-likeness (QED) is 0.523. The number of aryl methyl sites for hydroxylation is 2. The van der Waals surface area contributed by atoms with Crippen LogP contribution in [0.5, 0.6) is 0 Å². The second-order valence-corrected chi connectivity index (χ2v) is 6.58. The van der Waals surface area contributed by atoms with E-state index in [1.54, 1.807) is 6.20 Å². The van der Waals surface area contributed by atoms with Crippen molar-refractivity contribution >= 4 is 22.9 Å². The summed E-state index contributed by atoms with van der Waals surface area (Å²) in [5, 5.41) is 5.75. The minimum Gasteiger partial charge on any atom is -0.382 e. The van der Waals surface area contributed by atoms with Gasteiger partial charge in [0, 0.05) is 32.4 Å². The van der Waals surface area contributed by atoms with Crippen molar-refractivity contribution in [1.82, 2.24) is 25.2 Å². The fraction of sp³-hybridized carbons (Fsp3) is 0.632. The molecule has 8 nitrogen and oxygen atoms in total. The normalized spacial score (nSPS) is 11.1. The van der Waals surface area contributed by atoms with Crippen molar-refractivity contribution in [1.29, 1.82) is 0 Å². The lowest BCUT2D eigenvalue weighted by Crippen LogP contribution is -2.36. The Kier molecular flexibility index (Phi) is 8.32. The summed E-state index contributed by atoms with van der Waals surface area (Å²) in [6, 6.07) is -0.0942. The summed E-state index contributed by atoms with van der Waals surface area (Å²) in [5.41, 5.74) is 8.81. The molecule has 2 aromatic rings. The molecular formula is C19H32N6O2. The van der Waals surface area contributed by atoms with Gasteiger partial charge in [0.2, 0.25) is 0 Å². The number of anilines is 1. The Balaban J connectivity index is 1.95. The Morgan fingerprint density at radius 3 is 2.67 bits per heavy atom.